The molecule has 5 atom stereocenters. The minimum Gasteiger partial charge on any atom is -0.480 e. The molecule has 1 aromatic rings. The van der Waals surface area contributed by atoms with Gasteiger partial charge in [-0.3, -0.25) is 24.2 Å². The zero-order valence-electron chi connectivity index (χ0n) is 22.8. The quantitative estimate of drug-likeness (QED) is 0.0769. The standard InChI is InChI=1S/C26H40N8O6/c1-15(27)21(35)31-16(2)24(38)34-13-7-11-20(34)23(37)33-19(14-17-8-4-3-5-9-17)22(36)32-18(25(39)40)10-6-12-30-26(28)29/h3-5,8-9,15-16,18-20H,6-7,10-14,27H2,1-2H3,(H,31,35)(H,32,36)(H,33,37)(H,39,40)(H4,28,29,30)/t15-,16-,18-,19-,20-/m0/s1. The third-order valence-corrected chi connectivity index (χ3v) is 6.46. The number of amides is 4. The van der Waals surface area contributed by atoms with Crippen LogP contribution in [0.4, 0.5) is 0 Å². The van der Waals surface area contributed by atoms with E-state index in [2.05, 4.69) is 20.9 Å². The molecule has 1 aromatic carbocycles. The summed E-state index contributed by atoms with van der Waals surface area (Å²) in [6, 6.07) is 4.05. The van der Waals surface area contributed by atoms with Crippen LogP contribution in [-0.4, -0.2) is 88.9 Å². The number of likely N-dealkylation sites (tertiary alicyclic amines) is 1. The van der Waals surface area contributed by atoms with Gasteiger partial charge < -0.3 is 43.2 Å². The average Bonchev–Trinajstić information content (AvgIpc) is 3.39. The van der Waals surface area contributed by atoms with Crippen LogP contribution in [0.5, 0.6) is 0 Å². The molecule has 1 aliphatic heterocycles. The number of benzene rings is 1. The first-order chi connectivity index (χ1) is 18.9. The molecule has 0 spiro atoms. The molecule has 0 aliphatic carbocycles. The second-order valence-corrected chi connectivity index (χ2v) is 9.81. The van der Waals surface area contributed by atoms with Gasteiger partial charge in [-0.2, -0.15) is 0 Å². The molecule has 1 saturated heterocycles. The van der Waals surface area contributed by atoms with E-state index in [4.69, 9.17) is 17.2 Å². The number of rotatable bonds is 14. The fraction of sp³-hybridized carbons (Fsp3) is 0.538. The van der Waals surface area contributed by atoms with E-state index in [0.717, 1.165) is 5.56 Å². The maximum Gasteiger partial charge on any atom is 0.326 e. The van der Waals surface area contributed by atoms with Crippen LogP contribution in [0.3, 0.4) is 0 Å². The zero-order valence-corrected chi connectivity index (χ0v) is 22.8. The third-order valence-electron chi connectivity index (χ3n) is 6.46. The van der Waals surface area contributed by atoms with Gasteiger partial charge in [0.05, 0.1) is 6.04 Å². The lowest BCUT2D eigenvalue weighted by atomic mass is 10.0. The number of nitrogens with two attached hydrogens (primary N) is 3. The lowest BCUT2D eigenvalue weighted by molar-refractivity contribution is -0.143. The molecule has 4 amide bonds. The molecule has 10 N–H and O–H groups in total. The molecule has 2 rings (SSSR count). The van der Waals surface area contributed by atoms with Crippen molar-refractivity contribution in [2.24, 2.45) is 22.2 Å². The van der Waals surface area contributed by atoms with Gasteiger partial charge in [0.2, 0.25) is 23.6 Å². The van der Waals surface area contributed by atoms with Crippen molar-refractivity contribution in [1.29, 1.82) is 0 Å². The first kappa shape index (κ1) is 32.0. The number of carboxylic acid groups (broad SMARTS) is 1. The molecule has 1 aliphatic rings. The van der Waals surface area contributed by atoms with Crippen LogP contribution < -0.4 is 33.2 Å². The summed E-state index contributed by atoms with van der Waals surface area (Å²) < 4.78 is 0. The molecular formula is C26H40N8O6. The summed E-state index contributed by atoms with van der Waals surface area (Å²) in [5.41, 5.74) is 16.9. The molecule has 0 unspecified atom stereocenters. The van der Waals surface area contributed by atoms with Crippen LogP contribution in [0.2, 0.25) is 0 Å². The SMILES string of the molecule is C[C@H](N)C(=O)N[C@@H](C)C(=O)N1CCC[C@H]1C(=O)N[C@@H](Cc1ccccc1)C(=O)N[C@@H](CCCN=C(N)N)C(=O)O. The zero-order chi connectivity index (χ0) is 29.8. The fourth-order valence-electron chi connectivity index (χ4n) is 4.32. The van der Waals surface area contributed by atoms with E-state index in [1.54, 1.807) is 24.3 Å². The highest BCUT2D eigenvalue weighted by atomic mass is 16.4. The van der Waals surface area contributed by atoms with Gasteiger partial charge >= 0.3 is 5.97 Å². The van der Waals surface area contributed by atoms with Crippen molar-refractivity contribution >= 4 is 35.6 Å². The molecule has 40 heavy (non-hydrogen) atoms. The summed E-state index contributed by atoms with van der Waals surface area (Å²) in [7, 11) is 0. The molecular weight excluding hydrogens is 520 g/mol. The second-order valence-electron chi connectivity index (χ2n) is 9.81. The van der Waals surface area contributed by atoms with E-state index in [0.29, 0.717) is 25.8 Å². The molecule has 220 valence electrons. The highest BCUT2D eigenvalue weighted by Gasteiger charge is 2.38. The highest BCUT2D eigenvalue weighted by molar-refractivity contribution is 5.95. The van der Waals surface area contributed by atoms with Gasteiger partial charge in [0, 0.05) is 19.5 Å². The normalized spacial score (nSPS) is 17.6. The molecule has 1 heterocycles. The predicted molar refractivity (Wildman–Crippen MR) is 148 cm³/mol. The number of aliphatic carboxylic acids is 1. The Kier molecular flexibility index (Phi) is 12.3. The Bertz CT molecular complexity index is 1080. The summed E-state index contributed by atoms with van der Waals surface area (Å²) in [4.78, 5) is 68.6. The van der Waals surface area contributed by atoms with E-state index in [-0.39, 0.29) is 25.3 Å². The van der Waals surface area contributed by atoms with Gasteiger partial charge in [0.25, 0.3) is 0 Å². The Hall–Kier alpha value is -4.20. The third kappa shape index (κ3) is 9.84. The molecule has 0 aromatic heterocycles. The number of hydrogen-bond acceptors (Lipinski definition) is 7. The van der Waals surface area contributed by atoms with Gasteiger partial charge in [0.15, 0.2) is 5.96 Å². The van der Waals surface area contributed by atoms with Gasteiger partial charge in [0.1, 0.15) is 24.2 Å². The molecule has 14 nitrogen and oxygen atoms in total. The first-order valence-corrected chi connectivity index (χ1v) is 13.2. The Morgan fingerprint density at radius 2 is 1.70 bits per heavy atom. The Morgan fingerprint density at radius 1 is 1.02 bits per heavy atom. The van der Waals surface area contributed by atoms with Crippen LogP contribution in [0.15, 0.2) is 35.3 Å². The van der Waals surface area contributed by atoms with Crippen LogP contribution in [0.25, 0.3) is 0 Å². The van der Waals surface area contributed by atoms with Crippen molar-refractivity contribution in [2.45, 2.75) is 76.2 Å². The number of carbonyl (C=O) groups is 5. The Morgan fingerprint density at radius 3 is 2.30 bits per heavy atom. The number of guanidine groups is 1. The number of carbonyl (C=O) groups excluding carboxylic acids is 4. The van der Waals surface area contributed by atoms with E-state index in [9.17, 15) is 29.1 Å². The second kappa shape index (κ2) is 15.4. The van der Waals surface area contributed by atoms with Gasteiger partial charge in [-0.15, -0.1) is 0 Å². The van der Waals surface area contributed by atoms with Crippen LogP contribution in [0, 0.1) is 0 Å². The molecule has 0 bridgehead atoms. The highest BCUT2D eigenvalue weighted by Crippen LogP contribution is 2.19. The summed E-state index contributed by atoms with van der Waals surface area (Å²) >= 11 is 0. The van der Waals surface area contributed by atoms with Crippen LogP contribution in [0.1, 0.15) is 45.1 Å². The summed E-state index contributed by atoms with van der Waals surface area (Å²) in [6.07, 6.45) is 1.40. The van der Waals surface area contributed by atoms with E-state index >= 15 is 0 Å². The predicted octanol–water partition coefficient (Wildman–Crippen LogP) is -1.82. The summed E-state index contributed by atoms with van der Waals surface area (Å²) in [5, 5.41) is 17.4. The van der Waals surface area contributed by atoms with E-state index in [1.165, 1.54) is 18.7 Å². The lowest BCUT2D eigenvalue weighted by Gasteiger charge is -2.29. The molecule has 0 radical (unpaired) electrons. The van der Waals surface area contributed by atoms with Crippen LogP contribution in [-0.2, 0) is 30.4 Å². The molecule has 0 saturated carbocycles. The number of hydrogen-bond donors (Lipinski definition) is 7. The van der Waals surface area contributed by atoms with E-state index in [1.807, 2.05) is 6.07 Å². The minimum atomic E-state index is -1.24. The summed E-state index contributed by atoms with van der Waals surface area (Å²) in [5.74, 6) is -3.52. The largest absolute Gasteiger partial charge is 0.480 e. The van der Waals surface area contributed by atoms with Crippen molar-refractivity contribution in [3.63, 3.8) is 0 Å². The average molecular weight is 561 g/mol. The number of nitrogens with zero attached hydrogens (tertiary/aromatic N) is 2. The van der Waals surface area contributed by atoms with Crippen molar-refractivity contribution in [2.75, 3.05) is 13.1 Å². The van der Waals surface area contributed by atoms with Crippen molar-refractivity contribution in [1.82, 2.24) is 20.9 Å². The topological polar surface area (TPSA) is 235 Å². The maximum absolute atomic E-state index is 13.4. The summed E-state index contributed by atoms with van der Waals surface area (Å²) in [6.45, 7) is 3.51. The van der Waals surface area contributed by atoms with Crippen molar-refractivity contribution < 1.29 is 29.1 Å². The van der Waals surface area contributed by atoms with Crippen LogP contribution >= 0.6 is 0 Å². The Labute approximate surface area is 233 Å². The number of aliphatic imine (C=N–C) groups is 1. The van der Waals surface area contributed by atoms with E-state index < -0.39 is 59.8 Å². The van der Waals surface area contributed by atoms with Crippen molar-refractivity contribution in [3.8, 4) is 0 Å². The lowest BCUT2D eigenvalue weighted by Crippen LogP contribution is -2.58. The molecule has 14 heteroatoms. The number of carboxylic acids is 1. The minimum absolute atomic E-state index is 0.0692. The fourth-order valence-corrected chi connectivity index (χ4v) is 4.32. The van der Waals surface area contributed by atoms with Gasteiger partial charge in [-0.25, -0.2) is 4.79 Å². The Balaban J connectivity index is 2.16. The first-order valence-electron chi connectivity index (χ1n) is 13.2. The smallest absolute Gasteiger partial charge is 0.326 e. The monoisotopic (exact) mass is 560 g/mol. The number of nitrogens with one attached hydrogen (secondary N) is 3. The van der Waals surface area contributed by atoms with Gasteiger partial charge in [-0.05, 0) is 45.1 Å². The molecule has 1 fully saturated rings. The van der Waals surface area contributed by atoms with Gasteiger partial charge in [-0.1, -0.05) is 30.3 Å². The maximum atomic E-state index is 13.4. The van der Waals surface area contributed by atoms with Crippen molar-refractivity contribution in [3.05, 3.63) is 35.9 Å².